The Hall–Kier alpha value is -1.88. The van der Waals surface area contributed by atoms with Gasteiger partial charge in [0.1, 0.15) is 11.6 Å². The first-order valence-corrected chi connectivity index (χ1v) is 7.38. The van der Waals surface area contributed by atoms with Gasteiger partial charge in [-0.15, -0.1) is 0 Å². The zero-order valence-corrected chi connectivity index (χ0v) is 12.3. The highest BCUT2D eigenvalue weighted by Gasteiger charge is 2.50. The maximum absolute atomic E-state index is 12.7. The van der Waals surface area contributed by atoms with Gasteiger partial charge in [-0.2, -0.15) is 0 Å². The second-order valence-electron chi connectivity index (χ2n) is 5.57. The number of nitrogens with two attached hydrogens (primary N) is 1. The molecule has 2 atom stereocenters. The molecule has 1 aromatic carbocycles. The molecule has 0 aromatic heterocycles. The SMILES string of the molecule is CCCC1(C(=O)O)CCCN1C(=O)[C@@H](N)c1ccccc1. The fourth-order valence-corrected chi connectivity index (χ4v) is 3.17. The van der Waals surface area contributed by atoms with Crippen LogP contribution in [0.3, 0.4) is 0 Å². The standard InChI is InChI=1S/C16H22N2O3/c1-2-9-16(15(20)21)10-6-11-18(16)14(19)13(17)12-7-4-3-5-8-12/h3-5,7-8,13H,2,6,9-11,17H2,1H3,(H,20,21)/t13-,16?/m0/s1. The molecule has 5 nitrogen and oxygen atoms in total. The van der Waals surface area contributed by atoms with Crippen molar-refractivity contribution >= 4 is 11.9 Å². The number of aliphatic carboxylic acids is 1. The molecule has 1 aliphatic heterocycles. The average Bonchev–Trinajstić information content (AvgIpc) is 2.92. The molecule has 0 radical (unpaired) electrons. The lowest BCUT2D eigenvalue weighted by molar-refractivity contribution is -0.157. The average molecular weight is 290 g/mol. The molecule has 1 aromatic rings. The first-order valence-electron chi connectivity index (χ1n) is 7.38. The van der Waals surface area contributed by atoms with Crippen LogP contribution in [-0.4, -0.2) is 34.0 Å². The Bertz CT molecular complexity index is 518. The fraction of sp³-hybridized carbons (Fsp3) is 0.500. The van der Waals surface area contributed by atoms with E-state index in [9.17, 15) is 14.7 Å². The van der Waals surface area contributed by atoms with E-state index in [1.54, 1.807) is 12.1 Å². The number of hydrogen-bond acceptors (Lipinski definition) is 3. The normalized spacial score (nSPS) is 23.0. The van der Waals surface area contributed by atoms with Crippen molar-refractivity contribution in [1.29, 1.82) is 0 Å². The van der Waals surface area contributed by atoms with E-state index in [1.165, 1.54) is 4.90 Å². The number of hydrogen-bond donors (Lipinski definition) is 2. The van der Waals surface area contributed by atoms with Crippen molar-refractivity contribution < 1.29 is 14.7 Å². The van der Waals surface area contributed by atoms with E-state index >= 15 is 0 Å². The molecule has 0 saturated carbocycles. The Morgan fingerprint density at radius 1 is 1.38 bits per heavy atom. The summed E-state index contributed by atoms with van der Waals surface area (Å²) in [4.78, 5) is 25.9. The minimum absolute atomic E-state index is 0.297. The lowest BCUT2D eigenvalue weighted by atomic mass is 9.90. The predicted molar refractivity (Wildman–Crippen MR) is 79.6 cm³/mol. The zero-order valence-electron chi connectivity index (χ0n) is 12.3. The van der Waals surface area contributed by atoms with Crippen LogP contribution in [0.15, 0.2) is 30.3 Å². The maximum atomic E-state index is 12.7. The van der Waals surface area contributed by atoms with Gasteiger partial charge in [0.2, 0.25) is 5.91 Å². The highest BCUT2D eigenvalue weighted by Crippen LogP contribution is 2.35. The molecule has 1 aliphatic rings. The molecule has 114 valence electrons. The molecule has 0 bridgehead atoms. The third-order valence-electron chi connectivity index (χ3n) is 4.24. The predicted octanol–water partition coefficient (Wildman–Crippen LogP) is 1.93. The molecule has 21 heavy (non-hydrogen) atoms. The van der Waals surface area contributed by atoms with Crippen LogP contribution in [0, 0.1) is 0 Å². The summed E-state index contributed by atoms with van der Waals surface area (Å²) in [5, 5.41) is 9.63. The largest absolute Gasteiger partial charge is 0.479 e. The van der Waals surface area contributed by atoms with E-state index in [2.05, 4.69) is 0 Å². The number of benzene rings is 1. The lowest BCUT2D eigenvalue weighted by Crippen LogP contribution is -2.55. The van der Waals surface area contributed by atoms with E-state index in [0.29, 0.717) is 31.4 Å². The molecule has 3 N–H and O–H groups in total. The molecular formula is C16H22N2O3. The molecule has 1 fully saturated rings. The van der Waals surface area contributed by atoms with Crippen LogP contribution in [-0.2, 0) is 9.59 Å². The molecule has 5 heteroatoms. The van der Waals surface area contributed by atoms with E-state index in [1.807, 2.05) is 25.1 Å². The van der Waals surface area contributed by atoms with E-state index in [0.717, 1.165) is 6.42 Å². The molecule has 1 unspecified atom stereocenters. The highest BCUT2D eigenvalue weighted by atomic mass is 16.4. The van der Waals surface area contributed by atoms with Crippen LogP contribution >= 0.6 is 0 Å². The smallest absolute Gasteiger partial charge is 0.329 e. The first kappa shape index (κ1) is 15.5. The van der Waals surface area contributed by atoms with Crippen molar-refractivity contribution in [1.82, 2.24) is 4.90 Å². The summed E-state index contributed by atoms with van der Waals surface area (Å²) in [7, 11) is 0. The van der Waals surface area contributed by atoms with Crippen molar-refractivity contribution in [3.63, 3.8) is 0 Å². The Balaban J connectivity index is 2.27. The third-order valence-corrected chi connectivity index (χ3v) is 4.24. The van der Waals surface area contributed by atoms with Gasteiger partial charge in [-0.1, -0.05) is 43.7 Å². The maximum Gasteiger partial charge on any atom is 0.329 e. The van der Waals surface area contributed by atoms with Gasteiger partial charge in [0, 0.05) is 6.54 Å². The summed E-state index contributed by atoms with van der Waals surface area (Å²) in [5.41, 5.74) is 5.68. The van der Waals surface area contributed by atoms with Crippen molar-refractivity contribution in [2.24, 2.45) is 5.73 Å². The molecule has 2 rings (SSSR count). The number of amides is 1. The Kier molecular flexibility index (Phi) is 4.63. The fourth-order valence-electron chi connectivity index (χ4n) is 3.17. The van der Waals surface area contributed by atoms with Crippen LogP contribution in [0.5, 0.6) is 0 Å². The molecule has 0 spiro atoms. The van der Waals surface area contributed by atoms with Gasteiger partial charge in [0.15, 0.2) is 0 Å². The van der Waals surface area contributed by atoms with Crippen LogP contribution in [0.4, 0.5) is 0 Å². The Morgan fingerprint density at radius 2 is 2.05 bits per heavy atom. The number of carboxylic acids is 1. The number of likely N-dealkylation sites (tertiary alicyclic amines) is 1. The number of nitrogens with zero attached hydrogens (tertiary/aromatic N) is 1. The topological polar surface area (TPSA) is 83.6 Å². The van der Waals surface area contributed by atoms with E-state index < -0.39 is 17.6 Å². The van der Waals surface area contributed by atoms with E-state index in [-0.39, 0.29) is 5.91 Å². The van der Waals surface area contributed by atoms with Crippen LogP contribution in [0.2, 0.25) is 0 Å². The summed E-state index contributed by atoms with van der Waals surface area (Å²) in [6.45, 7) is 2.40. The van der Waals surface area contributed by atoms with Crippen molar-refractivity contribution in [3.05, 3.63) is 35.9 Å². The van der Waals surface area contributed by atoms with Gasteiger partial charge in [-0.05, 0) is 24.8 Å². The van der Waals surface area contributed by atoms with Gasteiger partial charge in [-0.3, -0.25) is 4.79 Å². The van der Waals surface area contributed by atoms with Crippen molar-refractivity contribution in [3.8, 4) is 0 Å². The van der Waals surface area contributed by atoms with Crippen LogP contribution < -0.4 is 5.73 Å². The molecular weight excluding hydrogens is 268 g/mol. The summed E-state index contributed by atoms with van der Waals surface area (Å²) in [6.07, 6.45) is 2.40. The van der Waals surface area contributed by atoms with Gasteiger partial charge in [-0.25, -0.2) is 4.79 Å². The lowest BCUT2D eigenvalue weighted by Gasteiger charge is -2.36. The van der Waals surface area contributed by atoms with Crippen LogP contribution in [0.25, 0.3) is 0 Å². The number of carbonyl (C=O) groups excluding carboxylic acids is 1. The Morgan fingerprint density at radius 3 is 2.62 bits per heavy atom. The molecule has 1 heterocycles. The van der Waals surface area contributed by atoms with Crippen LogP contribution in [0.1, 0.15) is 44.2 Å². The zero-order chi connectivity index (χ0) is 15.5. The van der Waals surface area contributed by atoms with Crippen molar-refractivity contribution in [2.45, 2.75) is 44.2 Å². The summed E-state index contributed by atoms with van der Waals surface area (Å²) in [5.74, 6) is -1.22. The quantitative estimate of drug-likeness (QED) is 0.868. The second-order valence-corrected chi connectivity index (χ2v) is 5.57. The number of carbonyl (C=O) groups is 2. The number of carboxylic acid groups (broad SMARTS) is 1. The molecule has 1 saturated heterocycles. The minimum atomic E-state index is -1.09. The highest BCUT2D eigenvalue weighted by molar-refractivity contribution is 5.90. The minimum Gasteiger partial charge on any atom is -0.479 e. The molecule has 1 amide bonds. The van der Waals surface area contributed by atoms with Gasteiger partial charge in [0.05, 0.1) is 0 Å². The second kappa shape index (κ2) is 6.26. The third kappa shape index (κ3) is 2.78. The van der Waals surface area contributed by atoms with Crippen molar-refractivity contribution in [2.75, 3.05) is 6.54 Å². The van der Waals surface area contributed by atoms with Gasteiger partial charge >= 0.3 is 5.97 Å². The Labute approximate surface area is 124 Å². The summed E-state index contributed by atoms with van der Waals surface area (Å²) < 4.78 is 0. The number of rotatable bonds is 5. The van der Waals surface area contributed by atoms with Gasteiger partial charge in [0.25, 0.3) is 0 Å². The summed E-state index contributed by atoms with van der Waals surface area (Å²) in [6, 6.07) is 8.28. The van der Waals surface area contributed by atoms with Gasteiger partial charge < -0.3 is 15.7 Å². The van der Waals surface area contributed by atoms with E-state index in [4.69, 9.17) is 5.73 Å². The summed E-state index contributed by atoms with van der Waals surface area (Å²) >= 11 is 0. The first-order chi connectivity index (χ1) is 10.0. The molecule has 0 aliphatic carbocycles. The monoisotopic (exact) mass is 290 g/mol.